The molecule has 1 aliphatic rings. The molecule has 1 saturated heterocycles. The lowest BCUT2D eigenvalue weighted by Crippen LogP contribution is -2.38. The number of β-amino-alcohol motifs (C(OH)–C–C–N with tert-alkyl or cyclic N) is 1. The van der Waals surface area contributed by atoms with Gasteiger partial charge in [-0.2, -0.15) is 0 Å². The number of anilines is 1. The van der Waals surface area contributed by atoms with E-state index in [1.165, 1.54) is 12.3 Å². The Morgan fingerprint density at radius 1 is 1.12 bits per heavy atom. The summed E-state index contributed by atoms with van der Waals surface area (Å²) in [7, 11) is 0. The van der Waals surface area contributed by atoms with Crippen LogP contribution in [0.1, 0.15) is 6.42 Å². The molecule has 0 radical (unpaired) electrons. The van der Waals surface area contributed by atoms with E-state index in [1.807, 2.05) is 30.3 Å². The number of aromatic nitrogens is 1. The summed E-state index contributed by atoms with van der Waals surface area (Å²) in [6, 6.07) is 11.0. The predicted octanol–water partition coefficient (Wildman–Crippen LogP) is 2.17. The predicted molar refractivity (Wildman–Crippen MR) is 95.4 cm³/mol. The van der Waals surface area contributed by atoms with Crippen LogP contribution in [0.2, 0.25) is 0 Å². The van der Waals surface area contributed by atoms with E-state index < -0.39 is 6.10 Å². The zero-order valence-electron chi connectivity index (χ0n) is 14.2. The minimum Gasteiger partial charge on any atom is -0.491 e. The van der Waals surface area contributed by atoms with Crippen molar-refractivity contribution in [2.45, 2.75) is 12.5 Å². The summed E-state index contributed by atoms with van der Waals surface area (Å²) in [6.45, 7) is 4.22. The minimum atomic E-state index is -0.539. The Morgan fingerprint density at radius 3 is 2.76 bits per heavy atom. The monoisotopic (exact) mass is 345 g/mol. The standard InChI is InChI=1S/C19H24FN3O2/c20-16-11-17(13-21-12-16)23-8-4-7-22(9-10-23)14-18(24)15-25-19-5-2-1-3-6-19/h1-3,5-6,11-13,18,24H,4,7-10,14-15H2. The average molecular weight is 345 g/mol. The van der Waals surface area contributed by atoms with Crippen LogP contribution in [-0.2, 0) is 0 Å². The molecule has 1 aromatic carbocycles. The first-order valence-corrected chi connectivity index (χ1v) is 8.64. The molecule has 0 bridgehead atoms. The van der Waals surface area contributed by atoms with Gasteiger partial charge in [0.25, 0.3) is 0 Å². The van der Waals surface area contributed by atoms with Crippen molar-refractivity contribution < 1.29 is 14.2 Å². The number of aliphatic hydroxyl groups is 1. The van der Waals surface area contributed by atoms with Gasteiger partial charge in [-0.3, -0.25) is 9.88 Å². The quantitative estimate of drug-likeness (QED) is 0.870. The zero-order chi connectivity index (χ0) is 17.5. The smallest absolute Gasteiger partial charge is 0.143 e. The van der Waals surface area contributed by atoms with Crippen LogP contribution in [0.15, 0.2) is 48.8 Å². The number of pyridine rings is 1. The molecule has 3 rings (SSSR count). The lowest BCUT2D eigenvalue weighted by atomic mass is 10.3. The van der Waals surface area contributed by atoms with Gasteiger partial charge in [0.2, 0.25) is 0 Å². The summed E-state index contributed by atoms with van der Waals surface area (Å²) in [6.07, 6.45) is 3.34. The van der Waals surface area contributed by atoms with Crippen LogP contribution in [-0.4, -0.2) is 60.4 Å². The van der Waals surface area contributed by atoms with Crippen LogP contribution < -0.4 is 9.64 Å². The van der Waals surface area contributed by atoms with Crippen molar-refractivity contribution in [1.29, 1.82) is 0 Å². The van der Waals surface area contributed by atoms with Crippen LogP contribution in [0.4, 0.5) is 10.1 Å². The molecule has 0 spiro atoms. The molecule has 0 aliphatic carbocycles. The molecular formula is C19H24FN3O2. The number of rotatable bonds is 6. The van der Waals surface area contributed by atoms with E-state index in [0.717, 1.165) is 44.0 Å². The summed E-state index contributed by atoms with van der Waals surface area (Å²) < 4.78 is 19.0. The second-order valence-electron chi connectivity index (χ2n) is 6.28. The number of nitrogens with zero attached hydrogens (tertiary/aromatic N) is 3. The fraction of sp³-hybridized carbons (Fsp3) is 0.421. The van der Waals surface area contributed by atoms with Gasteiger partial charge in [0.05, 0.1) is 18.1 Å². The highest BCUT2D eigenvalue weighted by Crippen LogP contribution is 2.16. The first kappa shape index (κ1) is 17.6. The SMILES string of the molecule is OC(COc1ccccc1)CN1CCCN(c2cncc(F)c2)CC1. The first-order valence-electron chi connectivity index (χ1n) is 8.64. The molecule has 2 aromatic rings. The highest BCUT2D eigenvalue weighted by molar-refractivity contribution is 5.44. The Balaban J connectivity index is 1.46. The maximum Gasteiger partial charge on any atom is 0.143 e. The van der Waals surface area contributed by atoms with Gasteiger partial charge in [-0.1, -0.05) is 18.2 Å². The maximum atomic E-state index is 13.4. The lowest BCUT2D eigenvalue weighted by Gasteiger charge is -2.24. The maximum absolute atomic E-state index is 13.4. The molecule has 1 atom stereocenters. The Hall–Kier alpha value is -2.18. The third kappa shape index (κ3) is 5.41. The summed E-state index contributed by atoms with van der Waals surface area (Å²) in [4.78, 5) is 8.29. The zero-order valence-corrected chi connectivity index (χ0v) is 14.2. The molecule has 1 aromatic heterocycles. The summed E-state index contributed by atoms with van der Waals surface area (Å²) in [5.41, 5.74) is 0.815. The highest BCUT2D eigenvalue weighted by atomic mass is 19.1. The number of hydrogen-bond donors (Lipinski definition) is 1. The van der Waals surface area contributed by atoms with E-state index in [-0.39, 0.29) is 12.4 Å². The van der Waals surface area contributed by atoms with Crippen molar-refractivity contribution in [3.05, 3.63) is 54.6 Å². The largest absolute Gasteiger partial charge is 0.491 e. The summed E-state index contributed by atoms with van der Waals surface area (Å²) in [5.74, 6) is 0.453. The Morgan fingerprint density at radius 2 is 1.96 bits per heavy atom. The van der Waals surface area contributed by atoms with Crippen molar-refractivity contribution in [2.24, 2.45) is 0 Å². The van der Waals surface area contributed by atoms with E-state index in [9.17, 15) is 9.50 Å². The van der Waals surface area contributed by atoms with E-state index in [4.69, 9.17) is 4.74 Å². The molecular weight excluding hydrogens is 321 g/mol. The van der Waals surface area contributed by atoms with Crippen molar-refractivity contribution in [3.63, 3.8) is 0 Å². The molecule has 0 saturated carbocycles. The van der Waals surface area contributed by atoms with Crippen molar-refractivity contribution in [2.75, 3.05) is 44.2 Å². The topological polar surface area (TPSA) is 48.8 Å². The van der Waals surface area contributed by atoms with Gasteiger partial charge < -0.3 is 14.7 Å². The fourth-order valence-electron chi connectivity index (χ4n) is 3.05. The van der Waals surface area contributed by atoms with Crippen LogP contribution >= 0.6 is 0 Å². The average Bonchev–Trinajstić information content (AvgIpc) is 2.86. The second kappa shape index (κ2) is 8.78. The van der Waals surface area contributed by atoms with Gasteiger partial charge >= 0.3 is 0 Å². The molecule has 134 valence electrons. The Bertz CT molecular complexity index is 656. The molecule has 1 unspecified atom stereocenters. The third-order valence-corrected chi connectivity index (χ3v) is 4.30. The van der Waals surface area contributed by atoms with Gasteiger partial charge in [0, 0.05) is 32.2 Å². The van der Waals surface area contributed by atoms with Gasteiger partial charge in [0.1, 0.15) is 24.3 Å². The molecule has 25 heavy (non-hydrogen) atoms. The summed E-state index contributed by atoms with van der Waals surface area (Å²) >= 11 is 0. The Kier molecular flexibility index (Phi) is 6.19. The number of ether oxygens (including phenoxy) is 1. The van der Waals surface area contributed by atoms with E-state index >= 15 is 0 Å². The molecule has 1 fully saturated rings. The lowest BCUT2D eigenvalue weighted by molar-refractivity contribution is 0.0705. The number of aliphatic hydroxyl groups excluding tert-OH is 1. The van der Waals surface area contributed by atoms with E-state index in [0.29, 0.717) is 6.54 Å². The van der Waals surface area contributed by atoms with Crippen molar-refractivity contribution in [3.8, 4) is 5.75 Å². The number of halogens is 1. The van der Waals surface area contributed by atoms with E-state index in [1.54, 1.807) is 6.20 Å². The normalized spacial score (nSPS) is 17.1. The first-order chi connectivity index (χ1) is 12.2. The van der Waals surface area contributed by atoms with Crippen LogP contribution in [0, 0.1) is 5.82 Å². The Labute approximate surface area is 147 Å². The molecule has 6 heteroatoms. The number of para-hydroxylation sites is 1. The van der Waals surface area contributed by atoms with Gasteiger partial charge in [-0.05, 0) is 25.1 Å². The van der Waals surface area contributed by atoms with Crippen LogP contribution in [0.25, 0.3) is 0 Å². The third-order valence-electron chi connectivity index (χ3n) is 4.30. The second-order valence-corrected chi connectivity index (χ2v) is 6.28. The van der Waals surface area contributed by atoms with Crippen LogP contribution in [0.3, 0.4) is 0 Å². The van der Waals surface area contributed by atoms with Gasteiger partial charge in [-0.15, -0.1) is 0 Å². The van der Waals surface area contributed by atoms with Gasteiger partial charge in [-0.25, -0.2) is 4.39 Å². The van der Waals surface area contributed by atoms with Gasteiger partial charge in [0.15, 0.2) is 0 Å². The fourth-order valence-corrected chi connectivity index (χ4v) is 3.05. The summed E-state index contributed by atoms with van der Waals surface area (Å²) in [5, 5.41) is 10.2. The molecule has 0 amide bonds. The van der Waals surface area contributed by atoms with E-state index in [2.05, 4.69) is 14.8 Å². The van der Waals surface area contributed by atoms with Crippen molar-refractivity contribution in [1.82, 2.24) is 9.88 Å². The number of benzene rings is 1. The molecule has 5 nitrogen and oxygen atoms in total. The molecule has 1 aliphatic heterocycles. The number of hydrogen-bond acceptors (Lipinski definition) is 5. The molecule has 1 N–H and O–H groups in total. The minimum absolute atomic E-state index is 0.276. The molecule has 2 heterocycles. The van der Waals surface area contributed by atoms with Crippen molar-refractivity contribution >= 4 is 5.69 Å². The van der Waals surface area contributed by atoms with Crippen LogP contribution in [0.5, 0.6) is 5.75 Å². The highest BCUT2D eigenvalue weighted by Gasteiger charge is 2.18.